The van der Waals surface area contributed by atoms with Crippen molar-refractivity contribution < 1.29 is 0 Å². The van der Waals surface area contributed by atoms with E-state index in [1.807, 2.05) is 0 Å². The largest absolute Gasteiger partial charge is 0.374 e. The van der Waals surface area contributed by atoms with Crippen LogP contribution in [0.5, 0.6) is 0 Å². The zero-order valence-electron chi connectivity index (χ0n) is 14.8. The van der Waals surface area contributed by atoms with E-state index in [9.17, 15) is 0 Å². The van der Waals surface area contributed by atoms with Crippen molar-refractivity contribution in [2.24, 2.45) is 0 Å². The summed E-state index contributed by atoms with van der Waals surface area (Å²) >= 11 is 0. The molecule has 0 fully saturated rings. The van der Waals surface area contributed by atoms with Gasteiger partial charge in [-0.05, 0) is 49.8 Å². The molecule has 3 rings (SSSR count). The Morgan fingerprint density at radius 1 is 0.913 bits per heavy atom. The summed E-state index contributed by atoms with van der Waals surface area (Å²) < 4.78 is 0. The fourth-order valence-corrected chi connectivity index (χ4v) is 6.51. The Morgan fingerprint density at radius 3 is 2.39 bits per heavy atom. The summed E-state index contributed by atoms with van der Waals surface area (Å²) in [5, 5.41) is 1.56. The molecule has 0 N–H and O–H groups in total. The molecule has 0 radical (unpaired) electrons. The van der Waals surface area contributed by atoms with Crippen LogP contribution in [0.15, 0.2) is 48.5 Å². The summed E-state index contributed by atoms with van der Waals surface area (Å²) in [5.74, 6) is 0. The van der Waals surface area contributed by atoms with Crippen molar-refractivity contribution in [3.05, 3.63) is 59.7 Å². The first-order chi connectivity index (χ1) is 11.1. The second-order valence-corrected chi connectivity index (χ2v) is 12.0. The standard InChI is InChI=1S/C21H29NSi/c1-4-22(17-23(2,3)19-13-6-5-7-14-19)21-16-10-12-18-11-8-9-15-20(18)21/h5-7,10,12-14,16H,4,8-9,11,15,17H2,1-3H3. The van der Waals surface area contributed by atoms with E-state index in [1.54, 1.807) is 16.3 Å². The first-order valence-electron chi connectivity index (χ1n) is 9.03. The predicted molar refractivity (Wildman–Crippen MR) is 105 cm³/mol. The third kappa shape index (κ3) is 3.53. The topological polar surface area (TPSA) is 3.24 Å². The Morgan fingerprint density at radius 2 is 1.65 bits per heavy atom. The number of benzene rings is 2. The summed E-state index contributed by atoms with van der Waals surface area (Å²) in [5.41, 5.74) is 4.71. The van der Waals surface area contributed by atoms with Gasteiger partial charge in [0, 0.05) is 18.4 Å². The Bertz CT molecular complexity index is 648. The van der Waals surface area contributed by atoms with Gasteiger partial charge in [-0.3, -0.25) is 0 Å². The molecule has 0 unspecified atom stereocenters. The molecule has 0 saturated heterocycles. The Kier molecular flexibility index (Phi) is 4.91. The zero-order valence-corrected chi connectivity index (χ0v) is 15.8. The molecular formula is C21H29NSi. The third-order valence-corrected chi connectivity index (χ3v) is 8.30. The second kappa shape index (κ2) is 6.92. The lowest BCUT2D eigenvalue weighted by Gasteiger charge is -2.35. The summed E-state index contributed by atoms with van der Waals surface area (Å²) in [7, 11) is -1.47. The molecule has 1 nitrogen and oxygen atoms in total. The minimum absolute atomic E-state index is 1.10. The molecule has 0 aliphatic heterocycles. The van der Waals surface area contributed by atoms with Gasteiger partial charge in [0.25, 0.3) is 0 Å². The molecule has 0 atom stereocenters. The van der Waals surface area contributed by atoms with Crippen molar-refractivity contribution in [1.82, 2.24) is 0 Å². The lowest BCUT2D eigenvalue weighted by Crippen LogP contribution is -2.52. The van der Waals surface area contributed by atoms with E-state index < -0.39 is 8.07 Å². The normalized spacial score (nSPS) is 14.4. The number of hydrogen-bond donors (Lipinski definition) is 0. The number of hydrogen-bond acceptors (Lipinski definition) is 1. The van der Waals surface area contributed by atoms with Gasteiger partial charge in [-0.2, -0.15) is 0 Å². The predicted octanol–water partition coefficient (Wildman–Crippen LogP) is 4.55. The van der Waals surface area contributed by atoms with Crippen LogP contribution in [0.4, 0.5) is 5.69 Å². The molecule has 2 heteroatoms. The molecule has 2 aromatic rings. The smallest absolute Gasteiger partial charge is 0.101 e. The van der Waals surface area contributed by atoms with Crippen LogP contribution in [0.1, 0.15) is 30.9 Å². The SMILES string of the molecule is CCN(C[Si](C)(C)c1ccccc1)c1cccc2c1CCCC2. The van der Waals surface area contributed by atoms with E-state index in [4.69, 9.17) is 0 Å². The maximum absolute atomic E-state index is 2.64. The fraction of sp³-hybridized carbons (Fsp3) is 0.429. The van der Waals surface area contributed by atoms with Gasteiger partial charge in [-0.25, -0.2) is 0 Å². The van der Waals surface area contributed by atoms with Gasteiger partial charge in [0.2, 0.25) is 0 Å². The molecule has 0 spiro atoms. The zero-order chi connectivity index (χ0) is 16.3. The Hall–Kier alpha value is -1.54. The highest BCUT2D eigenvalue weighted by atomic mass is 28.3. The first kappa shape index (κ1) is 16.3. The van der Waals surface area contributed by atoms with E-state index >= 15 is 0 Å². The molecule has 122 valence electrons. The lowest BCUT2D eigenvalue weighted by atomic mass is 9.90. The maximum Gasteiger partial charge on any atom is 0.101 e. The third-order valence-electron chi connectivity index (χ3n) is 5.24. The van der Waals surface area contributed by atoms with Crippen LogP contribution in [-0.4, -0.2) is 20.8 Å². The molecule has 1 aliphatic rings. The van der Waals surface area contributed by atoms with Crippen LogP contribution in [0, 0.1) is 0 Å². The van der Waals surface area contributed by atoms with Crippen LogP contribution in [0.3, 0.4) is 0 Å². The Balaban J connectivity index is 1.89. The number of rotatable bonds is 5. The van der Waals surface area contributed by atoms with Crippen LogP contribution in [0.25, 0.3) is 0 Å². The van der Waals surface area contributed by atoms with Crippen molar-refractivity contribution in [3.63, 3.8) is 0 Å². The highest BCUT2D eigenvalue weighted by molar-refractivity contribution is 6.90. The van der Waals surface area contributed by atoms with Gasteiger partial charge in [-0.15, -0.1) is 0 Å². The van der Waals surface area contributed by atoms with Crippen molar-refractivity contribution >= 4 is 18.9 Å². The van der Waals surface area contributed by atoms with Crippen molar-refractivity contribution in [1.29, 1.82) is 0 Å². The molecule has 0 aromatic heterocycles. The summed E-state index contributed by atoms with van der Waals surface area (Å²) in [4.78, 5) is 2.64. The number of nitrogens with zero attached hydrogens (tertiary/aromatic N) is 1. The van der Waals surface area contributed by atoms with Crippen LogP contribution < -0.4 is 10.1 Å². The van der Waals surface area contributed by atoms with Gasteiger partial charge in [-0.1, -0.05) is 60.7 Å². The molecule has 1 aliphatic carbocycles. The van der Waals surface area contributed by atoms with Crippen molar-refractivity contribution in [2.45, 2.75) is 45.7 Å². The molecular weight excluding hydrogens is 294 g/mol. The molecule has 23 heavy (non-hydrogen) atoms. The molecule has 0 amide bonds. The monoisotopic (exact) mass is 323 g/mol. The minimum atomic E-state index is -1.47. The average Bonchev–Trinajstić information content (AvgIpc) is 2.60. The van der Waals surface area contributed by atoms with Gasteiger partial charge in [0.05, 0.1) is 0 Å². The second-order valence-electron chi connectivity index (χ2n) is 7.39. The van der Waals surface area contributed by atoms with Gasteiger partial charge < -0.3 is 4.90 Å². The van der Waals surface area contributed by atoms with Gasteiger partial charge >= 0.3 is 0 Å². The van der Waals surface area contributed by atoms with Crippen LogP contribution >= 0.6 is 0 Å². The maximum atomic E-state index is 2.64. The highest BCUT2D eigenvalue weighted by Gasteiger charge is 2.27. The van der Waals surface area contributed by atoms with E-state index in [0.29, 0.717) is 0 Å². The fourth-order valence-electron chi connectivity index (χ4n) is 3.88. The molecule has 0 bridgehead atoms. The minimum Gasteiger partial charge on any atom is -0.374 e. The van der Waals surface area contributed by atoms with Crippen LogP contribution in [0.2, 0.25) is 13.1 Å². The van der Waals surface area contributed by atoms with E-state index in [1.165, 1.54) is 37.5 Å². The number of fused-ring (bicyclic) bond motifs is 1. The lowest BCUT2D eigenvalue weighted by molar-refractivity contribution is 0.682. The molecule has 0 heterocycles. The summed E-state index contributed by atoms with van der Waals surface area (Å²) in [6, 6.07) is 18.1. The quantitative estimate of drug-likeness (QED) is 0.730. The van der Waals surface area contributed by atoms with Gasteiger partial charge in [0.15, 0.2) is 0 Å². The highest BCUT2D eigenvalue weighted by Crippen LogP contribution is 2.31. The summed E-state index contributed by atoms with van der Waals surface area (Å²) in [6.45, 7) is 8.40. The number of anilines is 1. The van der Waals surface area contributed by atoms with E-state index in [2.05, 4.69) is 73.4 Å². The van der Waals surface area contributed by atoms with Gasteiger partial charge in [0.1, 0.15) is 8.07 Å². The van der Waals surface area contributed by atoms with E-state index in [-0.39, 0.29) is 0 Å². The van der Waals surface area contributed by atoms with Crippen LogP contribution in [-0.2, 0) is 12.8 Å². The molecule has 2 aromatic carbocycles. The molecule has 0 saturated carbocycles. The Labute approximate surface area is 142 Å². The average molecular weight is 324 g/mol. The van der Waals surface area contributed by atoms with E-state index in [0.717, 1.165) is 6.54 Å². The summed E-state index contributed by atoms with van der Waals surface area (Å²) in [6.07, 6.45) is 6.42. The van der Waals surface area contributed by atoms with Crippen molar-refractivity contribution in [3.8, 4) is 0 Å². The first-order valence-corrected chi connectivity index (χ1v) is 12.2. The number of aryl methyl sites for hydroxylation is 1. The van der Waals surface area contributed by atoms with Crippen molar-refractivity contribution in [2.75, 3.05) is 17.6 Å².